The molecule has 0 aromatic rings. The first kappa shape index (κ1) is 22.3. The molecule has 0 bridgehead atoms. The largest absolute Gasteiger partial charge is 0.396 e. The number of aliphatic hydroxyl groups excluding tert-OH is 3. The van der Waals surface area contributed by atoms with Crippen LogP contribution < -0.4 is 0 Å². The summed E-state index contributed by atoms with van der Waals surface area (Å²) in [5, 5.41) is 31.0. The molecule has 6 fully saturated rings. The Labute approximate surface area is 193 Å². The van der Waals surface area contributed by atoms with E-state index in [0.29, 0.717) is 48.5 Å². The Bertz CT molecular complexity index is 734. The van der Waals surface area contributed by atoms with Gasteiger partial charge in [0, 0.05) is 24.9 Å². The van der Waals surface area contributed by atoms with Gasteiger partial charge in [-0.15, -0.1) is 0 Å². The van der Waals surface area contributed by atoms with Crippen molar-refractivity contribution < 1.29 is 24.8 Å². The lowest BCUT2D eigenvalue weighted by Gasteiger charge is -2.62. The van der Waals surface area contributed by atoms with E-state index >= 15 is 0 Å². The van der Waals surface area contributed by atoms with Gasteiger partial charge in [0.25, 0.3) is 0 Å². The lowest BCUT2D eigenvalue weighted by Crippen LogP contribution is -2.59. The Morgan fingerprint density at radius 1 is 0.938 bits per heavy atom. The summed E-state index contributed by atoms with van der Waals surface area (Å²) in [6, 6.07) is 0. The van der Waals surface area contributed by atoms with Gasteiger partial charge in [-0.2, -0.15) is 0 Å². The van der Waals surface area contributed by atoms with Gasteiger partial charge in [0.2, 0.25) is 0 Å². The molecule has 6 aliphatic rings. The molecule has 2 heterocycles. The van der Waals surface area contributed by atoms with Crippen LogP contribution >= 0.6 is 0 Å². The van der Waals surface area contributed by atoms with E-state index in [2.05, 4.69) is 20.8 Å². The fourth-order valence-corrected chi connectivity index (χ4v) is 10.4. The Hall–Kier alpha value is -0.200. The Morgan fingerprint density at radius 2 is 1.75 bits per heavy atom. The Kier molecular flexibility index (Phi) is 5.15. The fraction of sp³-hybridized carbons (Fsp3) is 1.00. The molecule has 4 aliphatic carbocycles. The summed E-state index contributed by atoms with van der Waals surface area (Å²) in [7, 11) is 0. The van der Waals surface area contributed by atoms with Gasteiger partial charge in [0.15, 0.2) is 5.79 Å². The highest BCUT2D eigenvalue weighted by molar-refractivity contribution is 5.16. The zero-order chi connectivity index (χ0) is 22.5. The second-order valence-electron chi connectivity index (χ2n) is 13.1. The number of rotatable bonds is 1. The Balaban J connectivity index is 1.25. The van der Waals surface area contributed by atoms with Gasteiger partial charge in [0.05, 0.1) is 24.9 Å². The highest BCUT2D eigenvalue weighted by Gasteiger charge is 2.69. The monoisotopic (exact) mass is 448 g/mol. The predicted molar refractivity (Wildman–Crippen MR) is 121 cm³/mol. The van der Waals surface area contributed by atoms with E-state index < -0.39 is 5.79 Å². The molecule has 6 rings (SSSR count). The van der Waals surface area contributed by atoms with Crippen LogP contribution in [0.5, 0.6) is 0 Å². The van der Waals surface area contributed by atoms with Gasteiger partial charge < -0.3 is 24.8 Å². The first-order valence-corrected chi connectivity index (χ1v) is 13.5. The summed E-state index contributed by atoms with van der Waals surface area (Å²) < 4.78 is 13.2. The third-order valence-electron chi connectivity index (χ3n) is 12.1. The average Bonchev–Trinajstić information content (AvgIpc) is 3.20. The molecule has 0 amide bonds. The predicted octanol–water partition coefficient (Wildman–Crippen LogP) is 3.74. The number of aliphatic hydroxyl groups is 3. The highest BCUT2D eigenvalue weighted by atomic mass is 16.7. The molecule has 2 aliphatic heterocycles. The van der Waals surface area contributed by atoms with Crippen LogP contribution in [0, 0.1) is 52.3 Å². The van der Waals surface area contributed by atoms with Crippen LogP contribution in [0.4, 0.5) is 0 Å². The summed E-state index contributed by atoms with van der Waals surface area (Å²) in [5.74, 6) is 3.12. The lowest BCUT2D eigenvalue weighted by molar-refractivity contribution is -0.276. The molecule has 2 saturated heterocycles. The van der Waals surface area contributed by atoms with E-state index in [1.54, 1.807) is 0 Å². The van der Waals surface area contributed by atoms with Crippen LogP contribution in [-0.2, 0) is 9.47 Å². The second kappa shape index (κ2) is 7.40. The summed E-state index contributed by atoms with van der Waals surface area (Å²) in [6.45, 7) is 8.10. The third-order valence-corrected chi connectivity index (χ3v) is 12.1. The van der Waals surface area contributed by atoms with Gasteiger partial charge in [-0.05, 0) is 91.8 Å². The van der Waals surface area contributed by atoms with Crippen LogP contribution in [0.3, 0.4) is 0 Å². The first-order chi connectivity index (χ1) is 15.2. The maximum atomic E-state index is 11.2. The smallest absolute Gasteiger partial charge is 0.171 e. The van der Waals surface area contributed by atoms with E-state index in [4.69, 9.17) is 9.47 Å². The zero-order valence-corrected chi connectivity index (χ0v) is 20.2. The SMILES string of the molecule is C[C@H]1[C@H]2[C@H](C[C@H]3[C@@H]4CC[C@@H]5C[C@@H](O)C[C@@H](O)[C@]5(C)[C@H]4CC[C@]23C)O[C@]12CC[C@@H](CO)CO2. The molecule has 1 spiro atoms. The fourth-order valence-electron chi connectivity index (χ4n) is 10.4. The van der Waals surface area contributed by atoms with Crippen molar-refractivity contribution >= 4 is 0 Å². The number of ether oxygens (including phenoxy) is 2. The van der Waals surface area contributed by atoms with Crippen molar-refractivity contribution in [2.75, 3.05) is 13.2 Å². The molecule has 32 heavy (non-hydrogen) atoms. The highest BCUT2D eigenvalue weighted by Crippen LogP contribution is 2.71. The third kappa shape index (κ3) is 2.81. The number of hydrogen-bond acceptors (Lipinski definition) is 5. The van der Waals surface area contributed by atoms with E-state index in [0.717, 1.165) is 32.1 Å². The van der Waals surface area contributed by atoms with Crippen LogP contribution in [0.25, 0.3) is 0 Å². The van der Waals surface area contributed by atoms with Crippen molar-refractivity contribution in [2.24, 2.45) is 52.3 Å². The number of fused-ring (bicyclic) bond motifs is 7. The van der Waals surface area contributed by atoms with Crippen LogP contribution in [0.2, 0.25) is 0 Å². The molecule has 13 atom stereocenters. The van der Waals surface area contributed by atoms with Crippen LogP contribution in [0.1, 0.15) is 78.6 Å². The minimum atomic E-state index is -0.439. The van der Waals surface area contributed by atoms with E-state index in [1.165, 1.54) is 19.3 Å². The van der Waals surface area contributed by atoms with Gasteiger partial charge in [-0.1, -0.05) is 20.8 Å². The minimum Gasteiger partial charge on any atom is -0.396 e. The minimum absolute atomic E-state index is 0.0410. The molecule has 0 aromatic heterocycles. The van der Waals surface area contributed by atoms with Crippen molar-refractivity contribution in [3.05, 3.63) is 0 Å². The average molecular weight is 449 g/mol. The van der Waals surface area contributed by atoms with Gasteiger partial charge in [-0.3, -0.25) is 0 Å². The molecule has 4 saturated carbocycles. The van der Waals surface area contributed by atoms with E-state index in [1.807, 2.05) is 0 Å². The lowest BCUT2D eigenvalue weighted by atomic mass is 9.43. The first-order valence-electron chi connectivity index (χ1n) is 13.5. The molecule has 3 N–H and O–H groups in total. The maximum absolute atomic E-state index is 11.2. The quantitative estimate of drug-likeness (QED) is 0.570. The maximum Gasteiger partial charge on any atom is 0.171 e. The van der Waals surface area contributed by atoms with Crippen molar-refractivity contribution in [3.63, 3.8) is 0 Å². The van der Waals surface area contributed by atoms with Crippen molar-refractivity contribution in [3.8, 4) is 0 Å². The normalized spacial score (nSPS) is 61.7. The van der Waals surface area contributed by atoms with E-state index in [-0.39, 0.29) is 41.7 Å². The van der Waals surface area contributed by atoms with Crippen LogP contribution in [0.15, 0.2) is 0 Å². The van der Waals surface area contributed by atoms with E-state index in [9.17, 15) is 15.3 Å². The topological polar surface area (TPSA) is 79.2 Å². The van der Waals surface area contributed by atoms with Crippen molar-refractivity contribution in [2.45, 2.75) is 103 Å². The molecular weight excluding hydrogens is 404 g/mol. The summed E-state index contributed by atoms with van der Waals surface area (Å²) in [6.07, 6.45) is 8.88. The molecule has 0 radical (unpaired) electrons. The summed E-state index contributed by atoms with van der Waals surface area (Å²) >= 11 is 0. The molecule has 5 nitrogen and oxygen atoms in total. The Morgan fingerprint density at radius 3 is 2.47 bits per heavy atom. The standard InChI is InChI=1S/C27H44O5/c1-15-24-22(32-27(15)9-6-16(13-28)14-31-27)12-21-19-5-4-17-10-18(29)11-23(30)26(17,3)20(19)7-8-25(21,24)2/h15-24,28-30H,4-14H2,1-3H3/t15-,16-,17+,18+,19+,20-,21-,22-,23+,24-,25-,26-,27+/m0/s1. The zero-order valence-electron chi connectivity index (χ0n) is 20.2. The molecule has 0 aromatic carbocycles. The van der Waals surface area contributed by atoms with Crippen LogP contribution in [-0.4, -0.2) is 52.6 Å². The molecular formula is C27H44O5. The van der Waals surface area contributed by atoms with Crippen molar-refractivity contribution in [1.29, 1.82) is 0 Å². The summed E-state index contributed by atoms with van der Waals surface area (Å²) in [4.78, 5) is 0. The van der Waals surface area contributed by atoms with Gasteiger partial charge >= 0.3 is 0 Å². The van der Waals surface area contributed by atoms with Crippen molar-refractivity contribution in [1.82, 2.24) is 0 Å². The number of hydrogen-bond donors (Lipinski definition) is 3. The molecule has 0 unspecified atom stereocenters. The van der Waals surface area contributed by atoms with Gasteiger partial charge in [0.1, 0.15) is 0 Å². The second-order valence-corrected chi connectivity index (χ2v) is 13.1. The molecule has 5 heteroatoms. The summed E-state index contributed by atoms with van der Waals surface area (Å²) in [5.41, 5.74) is 0.245. The molecule has 182 valence electrons. The van der Waals surface area contributed by atoms with Gasteiger partial charge in [-0.25, -0.2) is 0 Å².